The maximum Gasteiger partial charge on any atom is 0.134 e. The van der Waals surface area contributed by atoms with Crippen LogP contribution in [0.3, 0.4) is 0 Å². The highest BCUT2D eigenvalue weighted by atomic mass is 31.1. The second-order valence-electron chi connectivity index (χ2n) is 3.11. The average Bonchev–Trinajstić information content (AvgIpc) is 2.31. The Morgan fingerprint density at radius 3 is 2.60 bits per heavy atom. The molecular weight excluding hydrogens is 203 g/mol. The molecule has 0 aromatic heterocycles. The normalized spacial score (nSPS) is 10.7. The monoisotopic (exact) mass is 215 g/mol. The topological polar surface area (TPSA) is 9.23 Å². The Morgan fingerprint density at radius 1 is 1.07 bits per heavy atom. The van der Waals surface area contributed by atoms with Gasteiger partial charge < -0.3 is 4.74 Å². The minimum atomic E-state index is 0.626. The van der Waals surface area contributed by atoms with Gasteiger partial charge in [-0.15, -0.1) is 0 Å². The zero-order valence-electron chi connectivity index (χ0n) is 8.53. The third-order valence-electron chi connectivity index (χ3n) is 2.08. The first-order valence-corrected chi connectivity index (χ1v) is 5.77. The molecule has 2 aromatic rings. The Morgan fingerprint density at radius 2 is 1.87 bits per heavy atom. The third-order valence-corrected chi connectivity index (χ3v) is 3.36. The quantitative estimate of drug-likeness (QED) is 0.713. The Labute approximate surface area is 91.9 Å². The number of hydrogen-bond donors (Lipinski definition) is 0. The zero-order chi connectivity index (χ0) is 10.5. The summed E-state index contributed by atoms with van der Waals surface area (Å²) in [7, 11) is 2.31. The molecule has 0 saturated carbocycles. The summed E-state index contributed by atoms with van der Waals surface area (Å²) in [6.45, 7) is 0. The van der Waals surface area contributed by atoms with Gasteiger partial charge in [0.25, 0.3) is 0 Å². The summed E-state index contributed by atoms with van der Waals surface area (Å²) in [5.74, 6) is 0.847. The highest BCUT2D eigenvalue weighted by Crippen LogP contribution is 2.17. The Balaban J connectivity index is 2.24. The molecule has 0 saturated heterocycles. The fourth-order valence-corrected chi connectivity index (χ4v) is 2.50. The molecule has 0 aliphatic heterocycles. The molecule has 2 rings (SSSR count). The van der Waals surface area contributed by atoms with Crippen molar-refractivity contribution in [3.8, 4) is 5.75 Å². The molecule has 0 amide bonds. The molecule has 1 atom stereocenters. The van der Waals surface area contributed by atoms with Gasteiger partial charge >= 0.3 is 0 Å². The molecule has 15 heavy (non-hydrogen) atoms. The SMILES string of the molecule is COc1[c]cccc1Pc1ccccc1. The van der Waals surface area contributed by atoms with Crippen LogP contribution in [0, 0.1) is 6.07 Å². The average molecular weight is 215 g/mol. The van der Waals surface area contributed by atoms with Crippen LogP contribution < -0.4 is 15.3 Å². The highest BCUT2D eigenvalue weighted by Gasteiger charge is 2.02. The van der Waals surface area contributed by atoms with E-state index in [1.165, 1.54) is 10.6 Å². The second kappa shape index (κ2) is 4.95. The lowest BCUT2D eigenvalue weighted by atomic mass is 10.3. The summed E-state index contributed by atoms with van der Waals surface area (Å²) >= 11 is 0. The molecule has 0 fully saturated rings. The van der Waals surface area contributed by atoms with E-state index in [1.807, 2.05) is 18.2 Å². The van der Waals surface area contributed by atoms with Crippen LogP contribution in [0.15, 0.2) is 48.5 Å². The largest absolute Gasteiger partial charge is 0.495 e. The number of ether oxygens (including phenoxy) is 1. The van der Waals surface area contributed by atoms with Crippen molar-refractivity contribution in [3.05, 3.63) is 54.6 Å². The van der Waals surface area contributed by atoms with Crippen molar-refractivity contribution in [1.82, 2.24) is 0 Å². The summed E-state index contributed by atoms with van der Waals surface area (Å²) in [5, 5.41) is 2.52. The zero-order valence-corrected chi connectivity index (χ0v) is 9.53. The summed E-state index contributed by atoms with van der Waals surface area (Å²) in [4.78, 5) is 0. The molecular formula is C13H12OP. The molecule has 0 N–H and O–H groups in total. The van der Waals surface area contributed by atoms with Crippen LogP contribution in [0.1, 0.15) is 0 Å². The predicted octanol–water partition coefficient (Wildman–Crippen LogP) is 2.12. The van der Waals surface area contributed by atoms with E-state index in [0.29, 0.717) is 8.58 Å². The van der Waals surface area contributed by atoms with E-state index in [2.05, 4.69) is 36.4 Å². The van der Waals surface area contributed by atoms with E-state index in [-0.39, 0.29) is 0 Å². The Kier molecular flexibility index (Phi) is 3.37. The molecule has 0 spiro atoms. The van der Waals surface area contributed by atoms with Gasteiger partial charge in [-0.3, -0.25) is 0 Å². The highest BCUT2D eigenvalue weighted by molar-refractivity contribution is 7.55. The van der Waals surface area contributed by atoms with Crippen LogP contribution in [0.2, 0.25) is 0 Å². The molecule has 75 valence electrons. The summed E-state index contributed by atoms with van der Waals surface area (Å²) in [6.07, 6.45) is 0. The first-order valence-electron chi connectivity index (χ1n) is 4.77. The standard InChI is InChI=1S/C13H12OP/c1-14-12-9-5-6-10-13(12)15-11-7-3-2-4-8-11/h2-8,10,15H,1H3. The summed E-state index contributed by atoms with van der Waals surface area (Å²) in [5.41, 5.74) is 0. The van der Waals surface area contributed by atoms with Gasteiger partial charge in [0, 0.05) is 11.4 Å². The van der Waals surface area contributed by atoms with Crippen molar-refractivity contribution >= 4 is 19.2 Å². The summed E-state index contributed by atoms with van der Waals surface area (Å²) in [6, 6.07) is 19.4. The van der Waals surface area contributed by atoms with Crippen molar-refractivity contribution in [2.75, 3.05) is 7.11 Å². The first-order chi connectivity index (χ1) is 7.40. The van der Waals surface area contributed by atoms with Gasteiger partial charge in [-0.1, -0.05) is 57.1 Å². The number of para-hydroxylation sites is 1. The molecule has 0 heterocycles. The lowest BCUT2D eigenvalue weighted by Gasteiger charge is -2.07. The molecule has 1 unspecified atom stereocenters. The smallest absolute Gasteiger partial charge is 0.134 e. The fourth-order valence-electron chi connectivity index (χ4n) is 1.37. The second-order valence-corrected chi connectivity index (χ2v) is 4.47. The Hall–Kier alpha value is -1.33. The molecule has 1 nitrogen and oxygen atoms in total. The van der Waals surface area contributed by atoms with E-state index in [9.17, 15) is 0 Å². The van der Waals surface area contributed by atoms with Gasteiger partial charge in [0.05, 0.1) is 7.11 Å². The van der Waals surface area contributed by atoms with Gasteiger partial charge in [0.1, 0.15) is 5.75 Å². The Bertz CT molecular complexity index is 426. The number of hydrogen-bond acceptors (Lipinski definition) is 1. The van der Waals surface area contributed by atoms with Gasteiger partial charge in [-0.2, -0.15) is 0 Å². The van der Waals surface area contributed by atoms with Crippen molar-refractivity contribution in [2.24, 2.45) is 0 Å². The third kappa shape index (κ3) is 2.57. The van der Waals surface area contributed by atoms with Crippen molar-refractivity contribution in [3.63, 3.8) is 0 Å². The molecule has 2 aromatic carbocycles. The van der Waals surface area contributed by atoms with Gasteiger partial charge in [-0.25, -0.2) is 0 Å². The van der Waals surface area contributed by atoms with Crippen LogP contribution in [-0.4, -0.2) is 7.11 Å². The lowest BCUT2D eigenvalue weighted by Crippen LogP contribution is -2.06. The van der Waals surface area contributed by atoms with E-state index >= 15 is 0 Å². The molecule has 2 heteroatoms. The number of benzene rings is 2. The van der Waals surface area contributed by atoms with E-state index in [0.717, 1.165) is 5.75 Å². The van der Waals surface area contributed by atoms with Gasteiger partial charge in [0.2, 0.25) is 0 Å². The maximum atomic E-state index is 5.27. The summed E-state index contributed by atoms with van der Waals surface area (Å²) < 4.78 is 5.27. The molecule has 0 aliphatic rings. The van der Waals surface area contributed by atoms with Crippen LogP contribution in [0.25, 0.3) is 0 Å². The number of methoxy groups -OCH3 is 1. The van der Waals surface area contributed by atoms with Gasteiger partial charge in [0.15, 0.2) is 0 Å². The minimum absolute atomic E-state index is 0.626. The molecule has 0 aliphatic carbocycles. The first kappa shape index (κ1) is 10.2. The fraction of sp³-hybridized carbons (Fsp3) is 0.0769. The van der Waals surface area contributed by atoms with E-state index in [1.54, 1.807) is 7.11 Å². The van der Waals surface area contributed by atoms with Crippen molar-refractivity contribution in [2.45, 2.75) is 0 Å². The lowest BCUT2D eigenvalue weighted by molar-refractivity contribution is 0.417. The number of rotatable bonds is 3. The van der Waals surface area contributed by atoms with E-state index in [4.69, 9.17) is 4.74 Å². The molecule has 1 radical (unpaired) electrons. The van der Waals surface area contributed by atoms with Gasteiger partial charge in [-0.05, 0) is 5.30 Å². The minimum Gasteiger partial charge on any atom is -0.495 e. The van der Waals surface area contributed by atoms with Crippen LogP contribution >= 0.6 is 8.58 Å². The predicted molar refractivity (Wildman–Crippen MR) is 65.9 cm³/mol. The molecule has 0 bridgehead atoms. The van der Waals surface area contributed by atoms with E-state index < -0.39 is 0 Å². The van der Waals surface area contributed by atoms with Crippen molar-refractivity contribution in [1.29, 1.82) is 0 Å². The van der Waals surface area contributed by atoms with Crippen molar-refractivity contribution < 1.29 is 4.74 Å². The van der Waals surface area contributed by atoms with Crippen LogP contribution in [0.4, 0.5) is 0 Å². The maximum absolute atomic E-state index is 5.27. The van der Waals surface area contributed by atoms with Crippen LogP contribution in [-0.2, 0) is 0 Å². The van der Waals surface area contributed by atoms with Crippen LogP contribution in [0.5, 0.6) is 5.75 Å².